The predicted molar refractivity (Wildman–Crippen MR) is 64.6 cm³/mol. The first kappa shape index (κ1) is 14.3. The van der Waals surface area contributed by atoms with E-state index in [0.717, 1.165) is 13.1 Å². The summed E-state index contributed by atoms with van der Waals surface area (Å²) in [5, 5.41) is 7.52. The lowest BCUT2D eigenvalue weighted by atomic mass is 9.96. The van der Waals surface area contributed by atoms with Gasteiger partial charge in [0.1, 0.15) is 0 Å². The maximum atomic E-state index is 12.0. The van der Waals surface area contributed by atoms with Crippen molar-refractivity contribution in [3.05, 3.63) is 0 Å². The van der Waals surface area contributed by atoms with E-state index in [-0.39, 0.29) is 17.7 Å². The van der Waals surface area contributed by atoms with Crippen LogP contribution in [0.25, 0.3) is 0 Å². The van der Waals surface area contributed by atoms with E-state index in [1.165, 1.54) is 0 Å². The zero-order valence-electron chi connectivity index (χ0n) is 10.6. The number of Topliss-reactive ketones (excluding diaryl/α,β-unsaturated/α-hetero) is 1. The molecule has 0 spiro atoms. The van der Waals surface area contributed by atoms with E-state index < -0.39 is 0 Å². The van der Waals surface area contributed by atoms with Gasteiger partial charge in [-0.15, -0.1) is 0 Å². The Morgan fingerprint density at radius 3 is 2.00 bits per heavy atom. The summed E-state index contributed by atoms with van der Waals surface area (Å²) in [4.78, 5) is 14.1. The van der Waals surface area contributed by atoms with Crippen molar-refractivity contribution in [2.75, 3.05) is 13.1 Å². The van der Waals surface area contributed by atoms with Crippen LogP contribution in [0.15, 0.2) is 0 Å². The molecule has 0 aliphatic rings. The molecule has 0 bridgehead atoms. The molecule has 15 heavy (non-hydrogen) atoms. The second kappa shape index (κ2) is 6.72. The Morgan fingerprint density at radius 1 is 1.27 bits per heavy atom. The molecule has 1 atom stereocenters. The Morgan fingerprint density at radius 2 is 1.73 bits per heavy atom. The van der Waals surface area contributed by atoms with Gasteiger partial charge in [0.25, 0.3) is 0 Å². The Kier molecular flexibility index (Phi) is 6.41. The minimum Gasteiger partial charge on any atom is -0.310 e. The zero-order chi connectivity index (χ0) is 12.0. The molecule has 0 aromatic rings. The van der Waals surface area contributed by atoms with Gasteiger partial charge in [-0.05, 0) is 20.0 Å². The lowest BCUT2D eigenvalue weighted by Crippen LogP contribution is -2.43. The van der Waals surface area contributed by atoms with Gasteiger partial charge in [-0.1, -0.05) is 27.7 Å². The molecule has 0 rings (SSSR count). The van der Waals surface area contributed by atoms with Crippen molar-refractivity contribution >= 4 is 11.5 Å². The van der Waals surface area contributed by atoms with Crippen LogP contribution in [0, 0.1) is 11.3 Å². The predicted octanol–water partition coefficient (Wildman–Crippen LogP) is 2.35. The van der Waals surface area contributed by atoms with Crippen molar-refractivity contribution in [2.24, 2.45) is 5.92 Å². The van der Waals surface area contributed by atoms with Crippen LogP contribution < -0.4 is 0 Å². The van der Waals surface area contributed by atoms with Crippen LogP contribution >= 0.6 is 0 Å². The van der Waals surface area contributed by atoms with E-state index >= 15 is 0 Å². The Hall–Kier alpha value is -0.700. The van der Waals surface area contributed by atoms with E-state index in [9.17, 15) is 4.79 Å². The molecule has 0 heterocycles. The van der Waals surface area contributed by atoms with Crippen LogP contribution in [0.1, 0.15) is 41.0 Å². The average Bonchev–Trinajstić information content (AvgIpc) is 2.16. The Bertz CT molecular complexity index is 220. The van der Waals surface area contributed by atoms with Crippen LogP contribution in [-0.2, 0) is 4.79 Å². The molecule has 0 fully saturated rings. The third-order valence-electron chi connectivity index (χ3n) is 2.65. The van der Waals surface area contributed by atoms with E-state index in [4.69, 9.17) is 5.41 Å². The van der Waals surface area contributed by atoms with Gasteiger partial charge in [0.15, 0.2) is 5.78 Å². The lowest BCUT2D eigenvalue weighted by Gasteiger charge is -2.29. The fourth-order valence-corrected chi connectivity index (χ4v) is 1.75. The maximum absolute atomic E-state index is 12.0. The highest BCUT2D eigenvalue weighted by Gasteiger charge is 2.25. The number of hydrogen-bond acceptors (Lipinski definition) is 3. The molecule has 0 aromatic heterocycles. The molecule has 0 saturated carbocycles. The largest absolute Gasteiger partial charge is 0.310 e. The second-order valence-electron chi connectivity index (χ2n) is 4.28. The van der Waals surface area contributed by atoms with E-state index in [1.807, 2.05) is 13.8 Å². The van der Waals surface area contributed by atoms with Gasteiger partial charge in [0, 0.05) is 18.1 Å². The monoisotopic (exact) mass is 212 g/mol. The summed E-state index contributed by atoms with van der Waals surface area (Å²) in [5.41, 5.74) is 0.584. The van der Waals surface area contributed by atoms with Gasteiger partial charge in [0.2, 0.25) is 0 Å². The van der Waals surface area contributed by atoms with Gasteiger partial charge in [0.05, 0.1) is 6.04 Å². The Balaban J connectivity index is 4.70. The number of likely N-dealkylation sites (N-methyl/N-ethyl adjacent to an activating group) is 1. The minimum atomic E-state index is -0.0995. The maximum Gasteiger partial charge on any atom is 0.152 e. The Labute approximate surface area is 93.4 Å². The van der Waals surface area contributed by atoms with Crippen LogP contribution in [-0.4, -0.2) is 35.5 Å². The fourth-order valence-electron chi connectivity index (χ4n) is 1.75. The number of ketones is 1. The minimum absolute atomic E-state index is 0.0509. The van der Waals surface area contributed by atoms with Gasteiger partial charge in [-0.3, -0.25) is 9.69 Å². The standard InChI is InChI=1S/C12H24N2O/c1-6-14(7-2)11(8-10(5)13)12(15)9(3)4/h9,11,13H,6-8H2,1-5H3. The highest BCUT2D eigenvalue weighted by atomic mass is 16.1. The van der Waals surface area contributed by atoms with Crippen LogP contribution in [0.3, 0.4) is 0 Å². The smallest absolute Gasteiger partial charge is 0.152 e. The van der Waals surface area contributed by atoms with Crippen LogP contribution in [0.4, 0.5) is 0 Å². The van der Waals surface area contributed by atoms with Gasteiger partial charge < -0.3 is 5.41 Å². The highest BCUT2D eigenvalue weighted by Crippen LogP contribution is 2.11. The molecular formula is C12H24N2O. The fraction of sp³-hybridized carbons (Fsp3) is 0.833. The second-order valence-corrected chi connectivity index (χ2v) is 4.28. The van der Waals surface area contributed by atoms with Crippen LogP contribution in [0.5, 0.6) is 0 Å². The highest BCUT2D eigenvalue weighted by molar-refractivity contribution is 5.91. The first-order valence-corrected chi connectivity index (χ1v) is 5.75. The number of nitrogens with one attached hydrogen (secondary N) is 1. The quantitative estimate of drug-likeness (QED) is 0.658. The summed E-state index contributed by atoms with van der Waals surface area (Å²) in [6.07, 6.45) is 0.568. The van der Waals surface area contributed by atoms with Crippen molar-refractivity contribution in [1.82, 2.24) is 4.90 Å². The summed E-state index contributed by atoms with van der Waals surface area (Å²) in [6, 6.07) is -0.0995. The summed E-state index contributed by atoms with van der Waals surface area (Å²) >= 11 is 0. The molecule has 3 nitrogen and oxygen atoms in total. The van der Waals surface area contributed by atoms with Crippen molar-refractivity contribution < 1.29 is 4.79 Å². The molecule has 0 aliphatic carbocycles. The SMILES string of the molecule is CCN(CC)C(CC(C)=N)C(=O)C(C)C. The first-order chi connectivity index (χ1) is 6.93. The van der Waals surface area contributed by atoms with Crippen molar-refractivity contribution in [2.45, 2.75) is 47.1 Å². The molecule has 88 valence electrons. The average molecular weight is 212 g/mol. The third kappa shape index (κ3) is 4.56. The third-order valence-corrected chi connectivity index (χ3v) is 2.65. The number of nitrogens with zero attached hydrogens (tertiary/aromatic N) is 1. The number of carbonyl (C=O) groups is 1. The van der Waals surface area contributed by atoms with Gasteiger partial charge in [-0.25, -0.2) is 0 Å². The normalized spacial score (nSPS) is 13.3. The molecule has 0 saturated heterocycles. The molecule has 0 aliphatic heterocycles. The first-order valence-electron chi connectivity index (χ1n) is 5.75. The topological polar surface area (TPSA) is 44.2 Å². The molecule has 3 heteroatoms. The summed E-state index contributed by atoms with van der Waals surface area (Å²) in [6.45, 7) is 11.5. The van der Waals surface area contributed by atoms with Crippen molar-refractivity contribution in [3.8, 4) is 0 Å². The summed E-state index contributed by atoms with van der Waals surface area (Å²) < 4.78 is 0. The molecule has 0 amide bonds. The van der Waals surface area contributed by atoms with Gasteiger partial charge >= 0.3 is 0 Å². The lowest BCUT2D eigenvalue weighted by molar-refractivity contribution is -0.127. The van der Waals surface area contributed by atoms with E-state index in [0.29, 0.717) is 12.1 Å². The molecule has 0 aromatic carbocycles. The number of rotatable bonds is 7. The molecule has 1 N–H and O–H groups in total. The van der Waals surface area contributed by atoms with E-state index in [2.05, 4.69) is 18.7 Å². The molecule has 0 radical (unpaired) electrons. The summed E-state index contributed by atoms with van der Waals surface area (Å²) in [5.74, 6) is 0.306. The van der Waals surface area contributed by atoms with Crippen LogP contribution in [0.2, 0.25) is 0 Å². The number of carbonyl (C=O) groups excluding carboxylic acids is 1. The van der Waals surface area contributed by atoms with Gasteiger partial charge in [-0.2, -0.15) is 0 Å². The number of hydrogen-bond donors (Lipinski definition) is 1. The van der Waals surface area contributed by atoms with Crippen molar-refractivity contribution in [3.63, 3.8) is 0 Å². The molecular weight excluding hydrogens is 188 g/mol. The summed E-state index contributed by atoms with van der Waals surface area (Å²) in [7, 11) is 0. The zero-order valence-corrected chi connectivity index (χ0v) is 10.6. The van der Waals surface area contributed by atoms with Crippen molar-refractivity contribution in [1.29, 1.82) is 5.41 Å². The molecule has 1 unspecified atom stereocenters. The van der Waals surface area contributed by atoms with E-state index in [1.54, 1.807) is 6.92 Å².